The number of aryl methyl sites for hydroxylation is 1. The first-order valence-electron chi connectivity index (χ1n) is 6.35. The van der Waals surface area contributed by atoms with Crippen molar-refractivity contribution in [3.8, 4) is 16.9 Å². The number of aromatic hydroxyl groups is 1. The Morgan fingerprint density at radius 3 is 2.24 bits per heavy atom. The molecule has 0 saturated carbocycles. The number of nitrogens with one attached hydrogen (secondary N) is 1. The Balaban J connectivity index is 2.23. The van der Waals surface area contributed by atoms with Crippen LogP contribution in [0.4, 0.5) is 0 Å². The number of benzene rings is 2. The minimum Gasteiger partial charge on any atom is -0.507 e. The number of hydroxylamine groups is 1. The first kappa shape index (κ1) is 14.6. The van der Waals surface area contributed by atoms with Crippen molar-refractivity contribution in [1.29, 1.82) is 0 Å². The molecule has 0 heterocycles. The fraction of sp³-hybridized carbons (Fsp3) is 0.125. The van der Waals surface area contributed by atoms with E-state index in [1.807, 2.05) is 36.7 Å². The smallest absolute Gasteiger partial charge is 0.329 e. The number of phenols is 1. The van der Waals surface area contributed by atoms with Crippen LogP contribution in [0.25, 0.3) is 11.1 Å². The lowest BCUT2D eigenvalue weighted by molar-refractivity contribution is -0.146. The van der Waals surface area contributed by atoms with Crippen LogP contribution in [0.5, 0.6) is 5.75 Å². The molecular weight excluding hydrogens is 270 g/mol. The summed E-state index contributed by atoms with van der Waals surface area (Å²) in [4.78, 5) is 26.7. The third kappa shape index (κ3) is 3.60. The summed E-state index contributed by atoms with van der Waals surface area (Å²) < 4.78 is 0. The minimum absolute atomic E-state index is 0.0344. The van der Waals surface area contributed by atoms with E-state index in [-0.39, 0.29) is 11.3 Å². The predicted molar refractivity (Wildman–Crippen MR) is 77.5 cm³/mol. The molecule has 5 nitrogen and oxygen atoms in total. The molecule has 0 aliphatic heterocycles. The number of carbonyl (C=O) groups excluding carboxylic acids is 2. The van der Waals surface area contributed by atoms with Gasteiger partial charge >= 0.3 is 5.97 Å². The number of amides is 1. The quantitative estimate of drug-likeness (QED) is 0.831. The van der Waals surface area contributed by atoms with Gasteiger partial charge in [0.05, 0.1) is 5.56 Å². The molecule has 0 fully saturated rings. The summed E-state index contributed by atoms with van der Waals surface area (Å²) in [6.45, 7) is 3.16. The van der Waals surface area contributed by atoms with Gasteiger partial charge in [-0.1, -0.05) is 35.9 Å². The summed E-state index contributed by atoms with van der Waals surface area (Å²) in [6.07, 6.45) is 0. The van der Waals surface area contributed by atoms with E-state index in [1.54, 1.807) is 6.07 Å². The van der Waals surface area contributed by atoms with Crippen molar-refractivity contribution < 1.29 is 19.5 Å². The third-order valence-corrected chi connectivity index (χ3v) is 2.91. The van der Waals surface area contributed by atoms with Crippen molar-refractivity contribution in [2.45, 2.75) is 13.8 Å². The molecule has 2 rings (SSSR count). The second-order valence-corrected chi connectivity index (χ2v) is 4.62. The van der Waals surface area contributed by atoms with Crippen molar-refractivity contribution in [2.24, 2.45) is 0 Å². The molecule has 0 bridgehead atoms. The standard InChI is InChI=1S/C16H15NO4/c1-10-3-5-12(6-4-10)13-7-8-14(15(19)9-13)16(20)17-21-11(2)18/h3-9,19H,1-2H3,(H,17,20). The van der Waals surface area contributed by atoms with E-state index in [0.717, 1.165) is 16.7 Å². The van der Waals surface area contributed by atoms with Gasteiger partial charge in [0, 0.05) is 6.92 Å². The molecule has 0 aliphatic carbocycles. The largest absolute Gasteiger partial charge is 0.507 e. The Morgan fingerprint density at radius 2 is 1.67 bits per heavy atom. The second-order valence-electron chi connectivity index (χ2n) is 4.62. The van der Waals surface area contributed by atoms with Crippen molar-refractivity contribution in [3.63, 3.8) is 0 Å². The second kappa shape index (κ2) is 6.09. The first-order chi connectivity index (χ1) is 9.97. The Bertz CT molecular complexity index is 677. The van der Waals surface area contributed by atoms with Crippen LogP contribution in [0.1, 0.15) is 22.8 Å². The average molecular weight is 285 g/mol. The van der Waals surface area contributed by atoms with Crippen molar-refractivity contribution in [1.82, 2.24) is 5.48 Å². The zero-order chi connectivity index (χ0) is 15.4. The highest BCUT2D eigenvalue weighted by Crippen LogP contribution is 2.26. The molecule has 2 aromatic rings. The fourth-order valence-electron chi connectivity index (χ4n) is 1.82. The summed E-state index contributed by atoms with van der Waals surface area (Å²) in [7, 11) is 0. The lowest BCUT2D eigenvalue weighted by Crippen LogP contribution is -2.25. The van der Waals surface area contributed by atoms with Crippen molar-refractivity contribution in [3.05, 3.63) is 53.6 Å². The summed E-state index contributed by atoms with van der Waals surface area (Å²) in [6, 6.07) is 12.5. The van der Waals surface area contributed by atoms with E-state index < -0.39 is 11.9 Å². The number of carbonyl (C=O) groups is 2. The van der Waals surface area contributed by atoms with Crippen LogP contribution in [0.15, 0.2) is 42.5 Å². The van der Waals surface area contributed by atoms with E-state index in [9.17, 15) is 14.7 Å². The molecule has 108 valence electrons. The molecule has 2 N–H and O–H groups in total. The topological polar surface area (TPSA) is 75.6 Å². The molecule has 0 spiro atoms. The minimum atomic E-state index is -0.682. The number of rotatable bonds is 2. The van der Waals surface area contributed by atoms with Gasteiger partial charge in [0.2, 0.25) is 0 Å². The Labute approximate surface area is 122 Å². The first-order valence-corrected chi connectivity index (χ1v) is 6.35. The molecule has 0 saturated heterocycles. The molecule has 0 aliphatic rings. The van der Waals surface area contributed by atoms with E-state index in [0.29, 0.717) is 0 Å². The van der Waals surface area contributed by atoms with Crippen molar-refractivity contribution in [2.75, 3.05) is 0 Å². The van der Waals surface area contributed by atoms with Gasteiger partial charge < -0.3 is 9.94 Å². The van der Waals surface area contributed by atoms with Gasteiger partial charge in [0.15, 0.2) is 0 Å². The van der Waals surface area contributed by atoms with Gasteiger partial charge in [0.25, 0.3) is 5.91 Å². The van der Waals surface area contributed by atoms with Crippen LogP contribution in [-0.4, -0.2) is 17.0 Å². The molecule has 0 unspecified atom stereocenters. The SMILES string of the molecule is CC(=O)ONC(=O)c1ccc(-c2ccc(C)cc2)cc1O. The van der Waals surface area contributed by atoms with Gasteiger partial charge in [-0.25, -0.2) is 0 Å². The molecule has 0 radical (unpaired) electrons. The lowest BCUT2D eigenvalue weighted by Gasteiger charge is -2.08. The summed E-state index contributed by atoms with van der Waals surface area (Å²) in [5, 5.41) is 9.94. The molecule has 0 aromatic heterocycles. The fourth-order valence-corrected chi connectivity index (χ4v) is 1.82. The van der Waals surface area contributed by atoms with E-state index >= 15 is 0 Å². The van der Waals surface area contributed by atoms with Crippen LogP contribution in [-0.2, 0) is 9.63 Å². The third-order valence-electron chi connectivity index (χ3n) is 2.91. The van der Waals surface area contributed by atoms with Crippen molar-refractivity contribution >= 4 is 11.9 Å². The maximum Gasteiger partial charge on any atom is 0.329 e. The zero-order valence-electron chi connectivity index (χ0n) is 11.7. The van der Waals surface area contributed by atoms with E-state index in [4.69, 9.17) is 0 Å². The number of hydrogen-bond acceptors (Lipinski definition) is 4. The average Bonchev–Trinajstić information content (AvgIpc) is 2.45. The van der Waals surface area contributed by atoms with Gasteiger partial charge in [-0.3, -0.25) is 9.59 Å². The van der Waals surface area contributed by atoms with Crippen LogP contribution < -0.4 is 5.48 Å². The van der Waals surface area contributed by atoms with Gasteiger partial charge in [-0.05, 0) is 30.2 Å². The summed E-state index contributed by atoms with van der Waals surface area (Å²) in [5.41, 5.74) is 4.85. The van der Waals surface area contributed by atoms with E-state index in [2.05, 4.69) is 4.84 Å². The maximum atomic E-state index is 11.7. The lowest BCUT2D eigenvalue weighted by atomic mass is 10.0. The molecule has 5 heteroatoms. The number of hydrogen-bond donors (Lipinski definition) is 2. The summed E-state index contributed by atoms with van der Waals surface area (Å²) in [5.74, 6) is -1.50. The highest BCUT2D eigenvalue weighted by molar-refractivity contribution is 5.97. The normalized spacial score (nSPS) is 10.0. The number of phenolic OH excluding ortho intramolecular Hbond substituents is 1. The molecule has 1 amide bonds. The monoisotopic (exact) mass is 285 g/mol. The van der Waals surface area contributed by atoms with Crippen LogP contribution >= 0.6 is 0 Å². The Hall–Kier alpha value is -2.82. The van der Waals surface area contributed by atoms with Crippen LogP contribution in [0, 0.1) is 6.92 Å². The Morgan fingerprint density at radius 1 is 1.05 bits per heavy atom. The predicted octanol–water partition coefficient (Wildman–Crippen LogP) is 2.58. The maximum absolute atomic E-state index is 11.7. The Kier molecular flexibility index (Phi) is 4.23. The van der Waals surface area contributed by atoms with Gasteiger partial charge in [-0.2, -0.15) is 5.48 Å². The van der Waals surface area contributed by atoms with Crippen LogP contribution in [0.3, 0.4) is 0 Å². The molecule has 0 atom stereocenters. The molecular formula is C16H15NO4. The summed E-state index contributed by atoms with van der Waals surface area (Å²) >= 11 is 0. The molecule has 21 heavy (non-hydrogen) atoms. The highest BCUT2D eigenvalue weighted by atomic mass is 16.7. The van der Waals surface area contributed by atoms with E-state index in [1.165, 1.54) is 19.1 Å². The highest BCUT2D eigenvalue weighted by Gasteiger charge is 2.13. The zero-order valence-corrected chi connectivity index (χ0v) is 11.7. The molecule has 2 aromatic carbocycles. The van der Waals surface area contributed by atoms with Gasteiger partial charge in [0.1, 0.15) is 5.75 Å². The van der Waals surface area contributed by atoms with Crippen LogP contribution in [0.2, 0.25) is 0 Å². The van der Waals surface area contributed by atoms with Gasteiger partial charge in [-0.15, -0.1) is 0 Å².